The third-order valence-corrected chi connectivity index (χ3v) is 4.50. The molecule has 0 aromatic carbocycles. The maximum Gasteiger partial charge on any atom is -0.0227 e. The van der Waals surface area contributed by atoms with Crippen molar-refractivity contribution in [1.82, 2.24) is 0 Å². The van der Waals surface area contributed by atoms with Gasteiger partial charge in [0, 0.05) is 0 Å². The lowest BCUT2D eigenvalue weighted by Gasteiger charge is -2.27. The van der Waals surface area contributed by atoms with E-state index in [2.05, 4.69) is 0 Å². The topological polar surface area (TPSA) is 0 Å². The van der Waals surface area contributed by atoms with Gasteiger partial charge in [0.1, 0.15) is 0 Å². The van der Waals surface area contributed by atoms with Gasteiger partial charge in [-0.05, 0) is 48.3 Å². The van der Waals surface area contributed by atoms with Gasteiger partial charge in [0.2, 0.25) is 0 Å². The fourth-order valence-corrected chi connectivity index (χ4v) is 4.11. The maximum absolute atomic E-state index is 1.66. The van der Waals surface area contributed by atoms with Crippen molar-refractivity contribution < 1.29 is 0 Å². The van der Waals surface area contributed by atoms with Gasteiger partial charge in [0.25, 0.3) is 0 Å². The van der Waals surface area contributed by atoms with Crippen LogP contribution in [-0.4, -0.2) is 0 Å². The normalized spacial score (nSPS) is 87.0. The van der Waals surface area contributed by atoms with Crippen molar-refractivity contribution in [3.63, 3.8) is 0 Å². The predicted molar refractivity (Wildman–Crippen MR) is 30.3 cm³/mol. The zero-order valence-corrected chi connectivity index (χ0v) is 4.98. The molecule has 5 rings (SSSR count). The van der Waals surface area contributed by atoms with E-state index in [1.165, 1.54) is 11.8 Å². The molecular weight excluding hydrogens is 96.1 g/mol. The summed E-state index contributed by atoms with van der Waals surface area (Å²) in [5, 5.41) is 0. The average Bonchev–Trinajstić information content (AvgIpc) is 2.51. The van der Waals surface area contributed by atoms with E-state index in [0.717, 1.165) is 10.8 Å². The molecule has 4 atom stereocenters. The molecule has 0 nitrogen and oxygen atoms in total. The molecule has 0 radical (unpaired) electrons. The SMILES string of the molecule is C1C2CC23CC12CC23. The second-order valence-electron chi connectivity index (χ2n) is 4.63. The van der Waals surface area contributed by atoms with Crippen molar-refractivity contribution in [1.29, 1.82) is 0 Å². The minimum atomic E-state index is 1.02. The van der Waals surface area contributed by atoms with Crippen molar-refractivity contribution in [2.24, 2.45) is 22.7 Å². The first-order valence-electron chi connectivity index (χ1n) is 3.86. The van der Waals surface area contributed by atoms with Crippen molar-refractivity contribution in [2.45, 2.75) is 25.7 Å². The Morgan fingerprint density at radius 2 is 2.12 bits per heavy atom. The molecule has 0 aliphatic heterocycles. The summed E-state index contributed by atoms with van der Waals surface area (Å²) in [4.78, 5) is 0. The van der Waals surface area contributed by atoms with E-state index in [9.17, 15) is 0 Å². The Bertz CT molecular complexity index is 192. The Hall–Kier alpha value is 0. The Morgan fingerprint density at radius 1 is 1.12 bits per heavy atom. The zero-order valence-electron chi connectivity index (χ0n) is 4.98. The molecule has 0 heteroatoms. The monoisotopic (exact) mass is 106 g/mol. The smallest absolute Gasteiger partial charge is 0.0227 e. The Balaban J connectivity index is 2.09. The molecule has 2 bridgehead atoms. The lowest BCUT2D eigenvalue weighted by Crippen LogP contribution is -2.20. The van der Waals surface area contributed by atoms with E-state index in [0.29, 0.717) is 0 Å². The van der Waals surface area contributed by atoms with Gasteiger partial charge < -0.3 is 0 Å². The van der Waals surface area contributed by atoms with E-state index < -0.39 is 0 Å². The summed E-state index contributed by atoms with van der Waals surface area (Å²) in [6.07, 6.45) is 6.59. The molecule has 0 aromatic rings. The van der Waals surface area contributed by atoms with Gasteiger partial charge in [0.15, 0.2) is 0 Å². The molecule has 0 heterocycles. The lowest BCUT2D eigenvalue weighted by molar-refractivity contribution is 0.214. The van der Waals surface area contributed by atoms with Gasteiger partial charge in [-0.3, -0.25) is 0 Å². The highest BCUT2D eigenvalue weighted by atomic mass is 14.9. The summed E-state index contributed by atoms with van der Waals surface area (Å²) >= 11 is 0. The van der Waals surface area contributed by atoms with Crippen LogP contribution in [0.25, 0.3) is 0 Å². The molecule has 2 spiro atoms. The number of hydrogen-bond donors (Lipinski definition) is 0. The molecule has 5 aliphatic rings. The van der Waals surface area contributed by atoms with Gasteiger partial charge in [-0.15, -0.1) is 0 Å². The molecule has 0 N–H and O–H groups in total. The fraction of sp³-hybridized carbons (Fsp3) is 1.00. The van der Waals surface area contributed by atoms with E-state index in [1.54, 1.807) is 25.7 Å². The summed E-state index contributed by atoms with van der Waals surface area (Å²) < 4.78 is 0. The molecule has 8 heavy (non-hydrogen) atoms. The van der Waals surface area contributed by atoms with Crippen LogP contribution in [0.15, 0.2) is 0 Å². The molecule has 5 aliphatic carbocycles. The van der Waals surface area contributed by atoms with Gasteiger partial charge in [-0.1, -0.05) is 0 Å². The Labute approximate surface area is 49.3 Å². The molecule has 5 fully saturated rings. The molecule has 5 saturated carbocycles. The maximum atomic E-state index is 1.66. The minimum absolute atomic E-state index is 1.02. The van der Waals surface area contributed by atoms with Crippen LogP contribution in [0.1, 0.15) is 25.7 Å². The molecule has 42 valence electrons. The quantitative estimate of drug-likeness (QED) is 0.441. The van der Waals surface area contributed by atoms with Crippen LogP contribution in [0.2, 0.25) is 0 Å². The van der Waals surface area contributed by atoms with E-state index in [-0.39, 0.29) is 0 Å². The summed E-state index contributed by atoms with van der Waals surface area (Å²) in [6.45, 7) is 0. The van der Waals surface area contributed by atoms with Gasteiger partial charge in [-0.25, -0.2) is 0 Å². The van der Waals surface area contributed by atoms with Crippen LogP contribution >= 0.6 is 0 Å². The van der Waals surface area contributed by atoms with Crippen LogP contribution in [0.5, 0.6) is 0 Å². The van der Waals surface area contributed by atoms with E-state index in [4.69, 9.17) is 0 Å². The van der Waals surface area contributed by atoms with Crippen molar-refractivity contribution in [3.8, 4) is 0 Å². The third-order valence-electron chi connectivity index (χ3n) is 4.50. The first-order valence-corrected chi connectivity index (χ1v) is 3.86. The Morgan fingerprint density at radius 3 is 2.50 bits per heavy atom. The van der Waals surface area contributed by atoms with Crippen LogP contribution in [0.3, 0.4) is 0 Å². The molecular formula is C8H10. The van der Waals surface area contributed by atoms with Crippen LogP contribution < -0.4 is 0 Å². The van der Waals surface area contributed by atoms with Crippen LogP contribution in [0.4, 0.5) is 0 Å². The lowest BCUT2D eigenvalue weighted by atomic mass is 9.77. The average molecular weight is 106 g/mol. The minimum Gasteiger partial charge on any atom is -0.0439 e. The first kappa shape index (κ1) is 3.24. The Kier molecular flexibility index (Phi) is 0.211. The second kappa shape index (κ2) is 0.521. The summed E-state index contributed by atoms with van der Waals surface area (Å²) in [5.74, 6) is 2.53. The highest BCUT2D eigenvalue weighted by molar-refractivity contribution is 5.37. The largest absolute Gasteiger partial charge is 0.0439 e. The summed E-state index contributed by atoms with van der Waals surface area (Å²) in [6, 6.07) is 0. The van der Waals surface area contributed by atoms with Gasteiger partial charge >= 0.3 is 0 Å². The standard InChI is InChI=1S/C8H10/c1-5-2-8(5)4-7(1)3-6(7)8/h5-6H,1-4H2. The van der Waals surface area contributed by atoms with Crippen LogP contribution in [0, 0.1) is 22.7 Å². The van der Waals surface area contributed by atoms with Crippen molar-refractivity contribution >= 4 is 0 Å². The highest BCUT2D eigenvalue weighted by Gasteiger charge is 2.88. The molecule has 0 aromatic heterocycles. The fourth-order valence-electron chi connectivity index (χ4n) is 4.11. The van der Waals surface area contributed by atoms with Gasteiger partial charge in [0.05, 0.1) is 0 Å². The molecule has 0 saturated heterocycles. The highest BCUT2D eigenvalue weighted by Crippen LogP contribution is 2.96. The third kappa shape index (κ3) is 0.122. The zero-order chi connectivity index (χ0) is 4.98. The number of rotatable bonds is 0. The number of hydrogen-bond acceptors (Lipinski definition) is 0. The predicted octanol–water partition coefficient (Wildman–Crippen LogP) is 1.81. The van der Waals surface area contributed by atoms with Crippen LogP contribution in [-0.2, 0) is 0 Å². The van der Waals surface area contributed by atoms with E-state index >= 15 is 0 Å². The second-order valence-corrected chi connectivity index (χ2v) is 4.63. The van der Waals surface area contributed by atoms with Crippen molar-refractivity contribution in [2.75, 3.05) is 0 Å². The molecule has 0 amide bonds. The first-order chi connectivity index (χ1) is 3.86. The summed E-state index contributed by atoms with van der Waals surface area (Å²) in [7, 11) is 0. The van der Waals surface area contributed by atoms with Crippen molar-refractivity contribution in [3.05, 3.63) is 0 Å². The van der Waals surface area contributed by atoms with E-state index in [1.807, 2.05) is 0 Å². The molecule has 4 unspecified atom stereocenters. The van der Waals surface area contributed by atoms with Gasteiger partial charge in [-0.2, -0.15) is 0 Å². The summed E-state index contributed by atoms with van der Waals surface area (Å²) in [5.41, 5.74) is 2.04.